The second kappa shape index (κ2) is 1.19. The van der Waals surface area contributed by atoms with Crippen LogP contribution in [0.5, 0.6) is 0 Å². The third-order valence-corrected chi connectivity index (χ3v) is 0.792. The maximum atomic E-state index is 2.95. The average molecular weight is 81.1 g/mol. The van der Waals surface area contributed by atoms with Crippen molar-refractivity contribution in [3.8, 4) is 0 Å². The SMILES string of the molecule is CN1C=C=CC1. The van der Waals surface area contributed by atoms with Crippen molar-refractivity contribution in [1.82, 2.24) is 4.90 Å². The minimum Gasteiger partial charge on any atom is -0.370 e. The quantitative estimate of drug-likeness (QED) is 0.386. The van der Waals surface area contributed by atoms with Gasteiger partial charge in [-0.15, -0.1) is 5.73 Å². The predicted octanol–water partition coefficient (Wildman–Crippen LogP) is 0.601. The molecule has 1 rings (SSSR count). The van der Waals surface area contributed by atoms with Gasteiger partial charge in [0.2, 0.25) is 0 Å². The van der Waals surface area contributed by atoms with E-state index in [9.17, 15) is 0 Å². The van der Waals surface area contributed by atoms with E-state index in [1.807, 2.05) is 19.3 Å². The maximum Gasteiger partial charge on any atom is 0.0431 e. The Morgan fingerprint density at radius 3 is 2.83 bits per heavy atom. The number of hydrogen-bond acceptors (Lipinski definition) is 1. The molecule has 0 atom stereocenters. The van der Waals surface area contributed by atoms with Crippen molar-refractivity contribution in [1.29, 1.82) is 0 Å². The third kappa shape index (κ3) is 0.447. The molecule has 0 saturated heterocycles. The number of hydrogen-bond donors (Lipinski definition) is 0. The summed E-state index contributed by atoms with van der Waals surface area (Å²) >= 11 is 0. The highest BCUT2D eigenvalue weighted by Gasteiger charge is 1.86. The van der Waals surface area contributed by atoms with E-state index in [4.69, 9.17) is 0 Å². The van der Waals surface area contributed by atoms with Crippen LogP contribution < -0.4 is 0 Å². The van der Waals surface area contributed by atoms with E-state index < -0.39 is 0 Å². The lowest BCUT2D eigenvalue weighted by Crippen LogP contribution is -2.04. The smallest absolute Gasteiger partial charge is 0.0431 e. The van der Waals surface area contributed by atoms with Crippen LogP contribution in [0.1, 0.15) is 0 Å². The van der Waals surface area contributed by atoms with Crippen molar-refractivity contribution in [3.05, 3.63) is 18.0 Å². The molecule has 0 amide bonds. The fourth-order valence-electron chi connectivity index (χ4n) is 0.429. The Morgan fingerprint density at radius 2 is 2.67 bits per heavy atom. The molecule has 0 N–H and O–H groups in total. The lowest BCUT2D eigenvalue weighted by atomic mass is 10.6. The fourth-order valence-corrected chi connectivity index (χ4v) is 0.429. The predicted molar refractivity (Wildman–Crippen MR) is 25.3 cm³/mol. The standard InChI is InChI=1S/C5H7N/c1-6-4-2-3-5-6/h2,5H,4H2,1H3. The molecule has 0 fully saturated rings. The Balaban J connectivity index is 2.55. The van der Waals surface area contributed by atoms with Crippen LogP contribution in [0.4, 0.5) is 0 Å². The van der Waals surface area contributed by atoms with Gasteiger partial charge >= 0.3 is 0 Å². The summed E-state index contributed by atoms with van der Waals surface area (Å²) in [6.45, 7) is 1.03. The van der Waals surface area contributed by atoms with Crippen molar-refractivity contribution in [2.75, 3.05) is 13.6 Å². The minimum atomic E-state index is 1.03. The van der Waals surface area contributed by atoms with Crippen LogP contribution >= 0.6 is 0 Å². The van der Waals surface area contributed by atoms with Gasteiger partial charge in [-0.2, -0.15) is 0 Å². The van der Waals surface area contributed by atoms with Crippen LogP contribution in [0.2, 0.25) is 0 Å². The van der Waals surface area contributed by atoms with E-state index in [0.29, 0.717) is 0 Å². The Kier molecular flexibility index (Phi) is 0.697. The van der Waals surface area contributed by atoms with Crippen LogP contribution in [0, 0.1) is 0 Å². The Morgan fingerprint density at radius 1 is 1.83 bits per heavy atom. The summed E-state index contributed by atoms with van der Waals surface area (Å²) in [6, 6.07) is 0. The summed E-state index contributed by atoms with van der Waals surface area (Å²) in [6.07, 6.45) is 3.93. The summed E-state index contributed by atoms with van der Waals surface area (Å²) in [7, 11) is 2.02. The third-order valence-electron chi connectivity index (χ3n) is 0.792. The topological polar surface area (TPSA) is 3.24 Å². The zero-order valence-electron chi connectivity index (χ0n) is 3.81. The van der Waals surface area contributed by atoms with Gasteiger partial charge in [0.05, 0.1) is 0 Å². The first-order chi connectivity index (χ1) is 2.89. The van der Waals surface area contributed by atoms with Gasteiger partial charge in [0.1, 0.15) is 0 Å². The zero-order chi connectivity index (χ0) is 4.41. The molecule has 32 valence electrons. The molecule has 0 aromatic carbocycles. The molecular formula is C5H7N. The molecule has 1 aliphatic heterocycles. The molecule has 1 heteroatoms. The monoisotopic (exact) mass is 81.1 g/mol. The van der Waals surface area contributed by atoms with E-state index in [1.54, 1.807) is 0 Å². The van der Waals surface area contributed by atoms with Gasteiger partial charge in [-0.3, -0.25) is 0 Å². The maximum absolute atomic E-state index is 2.95. The summed E-state index contributed by atoms with van der Waals surface area (Å²) in [5.41, 5.74) is 2.95. The largest absolute Gasteiger partial charge is 0.370 e. The van der Waals surface area contributed by atoms with Crippen molar-refractivity contribution in [2.45, 2.75) is 0 Å². The first-order valence-corrected chi connectivity index (χ1v) is 2.01. The molecule has 1 nitrogen and oxygen atoms in total. The highest BCUT2D eigenvalue weighted by Crippen LogP contribution is 1.88. The van der Waals surface area contributed by atoms with Crippen molar-refractivity contribution in [3.63, 3.8) is 0 Å². The molecule has 0 spiro atoms. The van der Waals surface area contributed by atoms with Crippen LogP contribution in [0.15, 0.2) is 18.0 Å². The van der Waals surface area contributed by atoms with Crippen molar-refractivity contribution < 1.29 is 0 Å². The highest BCUT2D eigenvalue weighted by molar-refractivity contribution is 4.94. The molecule has 0 radical (unpaired) electrons. The first-order valence-electron chi connectivity index (χ1n) is 2.01. The zero-order valence-corrected chi connectivity index (χ0v) is 3.81. The molecule has 1 aliphatic rings. The molecular weight excluding hydrogens is 74.1 g/mol. The molecule has 0 saturated carbocycles. The van der Waals surface area contributed by atoms with E-state index >= 15 is 0 Å². The average Bonchev–Trinajstić information content (AvgIpc) is 1.86. The lowest BCUT2D eigenvalue weighted by molar-refractivity contribution is 0.524. The Bertz CT molecular complexity index is 98.5. The van der Waals surface area contributed by atoms with Gasteiger partial charge in [0, 0.05) is 19.8 Å². The summed E-state index contributed by atoms with van der Waals surface area (Å²) in [5, 5.41) is 0. The van der Waals surface area contributed by atoms with Gasteiger partial charge in [-0.05, 0) is 6.08 Å². The second-order valence-electron chi connectivity index (χ2n) is 1.44. The van der Waals surface area contributed by atoms with Gasteiger partial charge < -0.3 is 4.90 Å². The molecule has 0 aromatic rings. The van der Waals surface area contributed by atoms with E-state index in [2.05, 4.69) is 10.6 Å². The first kappa shape index (κ1) is 3.51. The normalized spacial score (nSPS) is 17.2. The van der Waals surface area contributed by atoms with Crippen LogP contribution in [-0.4, -0.2) is 18.5 Å². The number of nitrogens with zero attached hydrogens (tertiary/aromatic N) is 1. The van der Waals surface area contributed by atoms with E-state index in [-0.39, 0.29) is 0 Å². The molecule has 0 aliphatic carbocycles. The van der Waals surface area contributed by atoms with Crippen molar-refractivity contribution >= 4 is 0 Å². The van der Waals surface area contributed by atoms with E-state index in [0.717, 1.165) is 6.54 Å². The highest BCUT2D eigenvalue weighted by atomic mass is 15.1. The molecule has 0 bridgehead atoms. The van der Waals surface area contributed by atoms with Gasteiger partial charge in [-0.25, -0.2) is 0 Å². The van der Waals surface area contributed by atoms with E-state index in [1.165, 1.54) is 0 Å². The summed E-state index contributed by atoms with van der Waals surface area (Å²) < 4.78 is 0. The molecule has 6 heavy (non-hydrogen) atoms. The number of likely N-dealkylation sites (N-methyl/N-ethyl adjacent to an activating group) is 1. The molecule has 1 heterocycles. The minimum absolute atomic E-state index is 1.03. The Labute approximate surface area is 37.6 Å². The Hall–Kier alpha value is -0.680. The van der Waals surface area contributed by atoms with Crippen LogP contribution in [0.25, 0.3) is 0 Å². The fraction of sp³-hybridized carbons (Fsp3) is 0.400. The summed E-state index contributed by atoms with van der Waals surface area (Å²) in [5.74, 6) is 0. The van der Waals surface area contributed by atoms with Gasteiger partial charge in [-0.1, -0.05) is 0 Å². The van der Waals surface area contributed by atoms with Gasteiger partial charge in [0.25, 0.3) is 0 Å². The molecule has 0 unspecified atom stereocenters. The van der Waals surface area contributed by atoms with Gasteiger partial charge in [0.15, 0.2) is 0 Å². The second-order valence-corrected chi connectivity index (χ2v) is 1.44. The van der Waals surface area contributed by atoms with Crippen LogP contribution in [0.3, 0.4) is 0 Å². The lowest BCUT2D eigenvalue weighted by Gasteiger charge is -2.01. The number of rotatable bonds is 0. The summed E-state index contributed by atoms with van der Waals surface area (Å²) in [4.78, 5) is 2.07. The van der Waals surface area contributed by atoms with Crippen LogP contribution in [-0.2, 0) is 0 Å². The van der Waals surface area contributed by atoms with Crippen molar-refractivity contribution in [2.24, 2.45) is 0 Å². The molecule has 0 aromatic heterocycles.